The number of nitrogens with one attached hydrogen (secondary N) is 6. The van der Waals surface area contributed by atoms with E-state index in [4.69, 9.17) is 0 Å². The quantitative estimate of drug-likeness (QED) is 0.114. The largest absolute Gasteiger partial charge is 0.351 e. The minimum atomic E-state index is -1.04. The van der Waals surface area contributed by atoms with Crippen molar-refractivity contribution < 1.29 is 14.4 Å². The van der Waals surface area contributed by atoms with Crippen molar-refractivity contribution in [2.75, 3.05) is 11.9 Å². The Morgan fingerprint density at radius 2 is 1.43 bits per heavy atom. The molecule has 3 heterocycles. The standard InChI is InChI=1S/C37H37N13O3/c51-34(38-18-37-15-21-6-22(16-37)8-23(7-21)17-37)27-13-29-30(40-19-39-29)14-28(27)35(52)42-31(9-20-4-2-1-3-5-20)36(53)41-26-11-24(32-43-47-48-44-32)10-25(12-26)33-45-49-50-46-33/h1-5,10-14,19,21-23,31H,6-9,15-18H2,(H,38,51)(H,39,40)(H,41,53)(H,42,52)(H,43,44,47,48)(H,45,46,49,50)/t21?,22?,23?,31-,37?/m0/s1. The van der Waals surface area contributed by atoms with Crippen LogP contribution in [0.5, 0.6) is 0 Å². The van der Waals surface area contributed by atoms with Gasteiger partial charge in [-0.1, -0.05) is 30.3 Å². The highest BCUT2D eigenvalue weighted by Gasteiger charge is 2.50. The van der Waals surface area contributed by atoms with Gasteiger partial charge in [-0.15, -0.1) is 20.4 Å². The van der Waals surface area contributed by atoms with Crippen LogP contribution in [0, 0.1) is 23.2 Å². The van der Waals surface area contributed by atoms with Gasteiger partial charge in [-0.25, -0.2) is 4.98 Å². The van der Waals surface area contributed by atoms with Gasteiger partial charge in [0.1, 0.15) is 6.04 Å². The number of carbonyl (C=O) groups excluding carboxylic acids is 3. The first-order valence-electron chi connectivity index (χ1n) is 17.9. The molecule has 4 saturated carbocycles. The lowest BCUT2D eigenvalue weighted by atomic mass is 9.49. The third-order valence-corrected chi connectivity index (χ3v) is 11.1. The second-order valence-electron chi connectivity index (χ2n) is 14.9. The van der Waals surface area contributed by atoms with Crippen molar-refractivity contribution in [3.8, 4) is 22.8 Å². The molecule has 4 aliphatic rings. The topological polar surface area (TPSA) is 225 Å². The van der Waals surface area contributed by atoms with Crippen molar-refractivity contribution in [1.82, 2.24) is 61.8 Å². The van der Waals surface area contributed by atoms with Crippen LogP contribution in [0.3, 0.4) is 0 Å². The number of aromatic nitrogens is 10. The molecule has 0 unspecified atom stereocenters. The summed E-state index contributed by atoms with van der Waals surface area (Å²) >= 11 is 0. The molecule has 3 aromatic carbocycles. The summed E-state index contributed by atoms with van der Waals surface area (Å²) < 4.78 is 0. The van der Waals surface area contributed by atoms with E-state index >= 15 is 0 Å². The number of hydrogen-bond donors (Lipinski definition) is 6. The molecular formula is C37H37N13O3. The van der Waals surface area contributed by atoms with Gasteiger partial charge in [0.25, 0.3) is 11.8 Å². The van der Waals surface area contributed by atoms with Crippen LogP contribution >= 0.6 is 0 Å². The SMILES string of the molecule is O=C(NCC12CC3CC(CC(C3)C1)C2)c1cc2[nH]cnc2cc1C(=O)N[C@@H](Cc1ccccc1)C(=O)Nc1cc(-c2nn[nH]n2)cc(-c2nn[nH]n2)c1. The van der Waals surface area contributed by atoms with Crippen LogP contribution in [-0.2, 0) is 11.2 Å². The zero-order valence-corrected chi connectivity index (χ0v) is 28.7. The molecule has 4 aliphatic carbocycles. The number of anilines is 1. The van der Waals surface area contributed by atoms with E-state index in [9.17, 15) is 14.4 Å². The zero-order chi connectivity index (χ0) is 35.9. The van der Waals surface area contributed by atoms with Crippen molar-refractivity contribution in [2.45, 2.75) is 51.0 Å². The van der Waals surface area contributed by atoms with Crippen molar-refractivity contribution >= 4 is 34.4 Å². The number of nitrogens with zero attached hydrogens (tertiary/aromatic N) is 7. The molecule has 6 N–H and O–H groups in total. The Labute approximate surface area is 302 Å². The summed E-state index contributed by atoms with van der Waals surface area (Å²) in [5.74, 6) is 1.46. The molecule has 4 fully saturated rings. The number of imidazole rings is 1. The molecule has 4 bridgehead atoms. The van der Waals surface area contributed by atoms with Crippen molar-refractivity contribution in [2.24, 2.45) is 23.2 Å². The number of fused-ring (bicyclic) bond motifs is 1. The van der Waals surface area contributed by atoms with Gasteiger partial charge in [0.05, 0.1) is 28.5 Å². The van der Waals surface area contributed by atoms with E-state index in [-0.39, 0.29) is 28.9 Å². The molecule has 0 aliphatic heterocycles. The number of H-pyrrole nitrogens is 3. The van der Waals surface area contributed by atoms with Gasteiger partial charge in [-0.05, 0) is 108 Å². The fourth-order valence-corrected chi connectivity index (χ4v) is 9.28. The van der Waals surface area contributed by atoms with Crippen molar-refractivity contribution in [3.05, 3.63) is 83.7 Å². The maximum absolute atomic E-state index is 14.3. The number of amides is 3. The highest BCUT2D eigenvalue weighted by atomic mass is 16.2. The first-order valence-corrected chi connectivity index (χ1v) is 17.9. The van der Waals surface area contributed by atoms with Crippen LogP contribution in [0.4, 0.5) is 5.69 Å². The molecule has 10 rings (SSSR count). The van der Waals surface area contributed by atoms with Crippen LogP contribution < -0.4 is 16.0 Å². The summed E-state index contributed by atoms with van der Waals surface area (Å²) in [4.78, 5) is 49.8. The zero-order valence-electron chi connectivity index (χ0n) is 28.7. The van der Waals surface area contributed by atoms with E-state index in [0.29, 0.717) is 46.0 Å². The Hall–Kier alpha value is -6.32. The van der Waals surface area contributed by atoms with Crippen LogP contribution in [0.25, 0.3) is 33.8 Å². The molecule has 16 heteroatoms. The number of aromatic amines is 3. The maximum Gasteiger partial charge on any atom is 0.252 e. The molecule has 0 saturated heterocycles. The van der Waals surface area contributed by atoms with E-state index in [0.717, 1.165) is 42.6 Å². The third kappa shape index (κ3) is 6.63. The number of rotatable bonds is 11. The summed E-state index contributed by atoms with van der Waals surface area (Å²) in [7, 11) is 0. The van der Waals surface area contributed by atoms with E-state index in [1.165, 1.54) is 25.6 Å². The minimum absolute atomic E-state index is 0.119. The average Bonchev–Trinajstić information content (AvgIpc) is 3.97. The summed E-state index contributed by atoms with van der Waals surface area (Å²) in [6, 6.07) is 16.7. The summed E-state index contributed by atoms with van der Waals surface area (Å²) in [5, 5.41) is 37.6. The molecule has 0 radical (unpaired) electrons. The van der Waals surface area contributed by atoms with Crippen LogP contribution in [-0.4, -0.2) is 81.5 Å². The second-order valence-corrected chi connectivity index (χ2v) is 14.9. The van der Waals surface area contributed by atoms with Crippen molar-refractivity contribution in [1.29, 1.82) is 0 Å². The number of hydrogen-bond acceptors (Lipinski definition) is 10. The lowest BCUT2D eigenvalue weighted by molar-refractivity contribution is -0.118. The molecular weight excluding hydrogens is 674 g/mol. The van der Waals surface area contributed by atoms with E-state index in [1.54, 1.807) is 30.3 Å². The van der Waals surface area contributed by atoms with Crippen LogP contribution in [0.15, 0.2) is 67.0 Å². The normalized spacial score (nSPS) is 22.1. The first kappa shape index (κ1) is 32.6. The minimum Gasteiger partial charge on any atom is -0.351 e. The lowest BCUT2D eigenvalue weighted by Crippen LogP contribution is -2.51. The molecule has 53 heavy (non-hydrogen) atoms. The van der Waals surface area contributed by atoms with E-state index in [2.05, 4.69) is 67.2 Å². The Morgan fingerprint density at radius 3 is 2.06 bits per heavy atom. The Balaban J connectivity index is 0.994. The van der Waals surface area contributed by atoms with Gasteiger partial charge in [0.15, 0.2) is 0 Å². The van der Waals surface area contributed by atoms with Crippen LogP contribution in [0.2, 0.25) is 0 Å². The second kappa shape index (κ2) is 13.3. The Kier molecular flexibility index (Phi) is 8.20. The van der Waals surface area contributed by atoms with Crippen LogP contribution in [0.1, 0.15) is 64.8 Å². The van der Waals surface area contributed by atoms with E-state index in [1.807, 2.05) is 30.3 Å². The monoisotopic (exact) mass is 711 g/mol. The lowest BCUT2D eigenvalue weighted by Gasteiger charge is -2.56. The van der Waals surface area contributed by atoms with Crippen molar-refractivity contribution in [3.63, 3.8) is 0 Å². The predicted octanol–water partition coefficient (Wildman–Crippen LogP) is 3.85. The smallest absolute Gasteiger partial charge is 0.252 e. The summed E-state index contributed by atoms with van der Waals surface area (Å²) in [6.45, 7) is 0.589. The highest BCUT2D eigenvalue weighted by molar-refractivity contribution is 6.11. The number of benzene rings is 3. The number of carbonyl (C=O) groups is 3. The third-order valence-electron chi connectivity index (χ3n) is 11.1. The summed E-state index contributed by atoms with van der Waals surface area (Å²) in [6.07, 6.45) is 9.10. The van der Waals surface area contributed by atoms with Gasteiger partial charge >= 0.3 is 0 Å². The fourth-order valence-electron chi connectivity index (χ4n) is 9.28. The average molecular weight is 712 g/mol. The predicted molar refractivity (Wildman–Crippen MR) is 192 cm³/mol. The van der Waals surface area contributed by atoms with E-state index < -0.39 is 17.9 Å². The highest BCUT2D eigenvalue weighted by Crippen LogP contribution is 2.59. The number of tetrazole rings is 2. The molecule has 3 aromatic heterocycles. The first-order chi connectivity index (χ1) is 25.9. The summed E-state index contributed by atoms with van der Waals surface area (Å²) in [5.41, 5.74) is 3.94. The van der Waals surface area contributed by atoms with Gasteiger partial charge < -0.3 is 20.9 Å². The molecule has 16 nitrogen and oxygen atoms in total. The molecule has 3 amide bonds. The van der Waals surface area contributed by atoms with Gasteiger partial charge in [-0.2, -0.15) is 10.4 Å². The van der Waals surface area contributed by atoms with Gasteiger partial charge in [0.2, 0.25) is 17.6 Å². The Morgan fingerprint density at radius 1 is 0.792 bits per heavy atom. The van der Waals surface area contributed by atoms with Gasteiger partial charge in [-0.3, -0.25) is 14.4 Å². The fraction of sp³-hybridized carbons (Fsp3) is 0.351. The maximum atomic E-state index is 14.3. The Bertz CT molecular complexity index is 2200. The molecule has 6 aromatic rings. The molecule has 1 atom stereocenters. The van der Waals surface area contributed by atoms with Gasteiger partial charge in [0, 0.05) is 29.8 Å². The molecule has 0 spiro atoms. The molecule has 268 valence electrons.